The van der Waals surface area contributed by atoms with E-state index in [0.29, 0.717) is 18.9 Å². The minimum Gasteiger partial charge on any atom is -0.352 e. The van der Waals surface area contributed by atoms with Crippen molar-refractivity contribution in [1.82, 2.24) is 10.2 Å². The van der Waals surface area contributed by atoms with Crippen molar-refractivity contribution >= 4 is 11.8 Å². The van der Waals surface area contributed by atoms with E-state index < -0.39 is 0 Å². The smallest absolute Gasteiger partial charge is 0.254 e. The molecule has 3 rings (SSSR count). The molecule has 4 nitrogen and oxygen atoms in total. The number of amides is 2. The zero-order valence-corrected chi connectivity index (χ0v) is 16.0. The van der Waals surface area contributed by atoms with Gasteiger partial charge >= 0.3 is 0 Å². The minimum absolute atomic E-state index is 0.109. The average Bonchev–Trinajstić information content (AvgIpc) is 2.72. The Bertz CT molecular complexity index is 765. The molecule has 1 saturated heterocycles. The SMILES string of the molecule is Cc1ccccc1C(=O)N1CCC(CCC(=O)NCc2ccccc2)CC1. The molecule has 0 unspecified atom stereocenters. The van der Waals surface area contributed by atoms with E-state index >= 15 is 0 Å². The number of piperidine rings is 1. The fraction of sp³-hybridized carbons (Fsp3) is 0.391. The highest BCUT2D eigenvalue weighted by atomic mass is 16.2. The summed E-state index contributed by atoms with van der Waals surface area (Å²) in [7, 11) is 0. The van der Waals surface area contributed by atoms with Gasteiger partial charge < -0.3 is 10.2 Å². The lowest BCUT2D eigenvalue weighted by atomic mass is 9.91. The monoisotopic (exact) mass is 364 g/mol. The Hall–Kier alpha value is -2.62. The maximum atomic E-state index is 12.7. The third kappa shape index (κ3) is 5.43. The molecule has 1 heterocycles. The normalized spacial score (nSPS) is 14.8. The minimum atomic E-state index is 0.109. The molecule has 0 bridgehead atoms. The fourth-order valence-corrected chi connectivity index (χ4v) is 3.63. The van der Waals surface area contributed by atoms with E-state index in [2.05, 4.69) is 5.32 Å². The van der Waals surface area contributed by atoms with Crippen molar-refractivity contribution in [3.63, 3.8) is 0 Å². The number of benzene rings is 2. The van der Waals surface area contributed by atoms with Gasteiger partial charge in [-0.15, -0.1) is 0 Å². The first-order valence-electron chi connectivity index (χ1n) is 9.79. The van der Waals surface area contributed by atoms with Crippen LogP contribution >= 0.6 is 0 Å². The molecule has 0 radical (unpaired) electrons. The molecule has 1 fully saturated rings. The molecule has 1 aliphatic rings. The van der Waals surface area contributed by atoms with Crippen LogP contribution in [-0.2, 0) is 11.3 Å². The van der Waals surface area contributed by atoms with Gasteiger partial charge in [0.05, 0.1) is 0 Å². The molecule has 0 atom stereocenters. The van der Waals surface area contributed by atoms with Gasteiger partial charge in [0.25, 0.3) is 5.91 Å². The van der Waals surface area contributed by atoms with Gasteiger partial charge in [-0.05, 0) is 49.3 Å². The number of hydrogen-bond donors (Lipinski definition) is 1. The second-order valence-electron chi connectivity index (χ2n) is 7.35. The molecule has 1 aliphatic heterocycles. The maximum absolute atomic E-state index is 12.7. The molecule has 4 heteroatoms. The Balaban J connectivity index is 1.39. The summed E-state index contributed by atoms with van der Waals surface area (Å²) < 4.78 is 0. The van der Waals surface area contributed by atoms with Crippen LogP contribution in [-0.4, -0.2) is 29.8 Å². The Kier molecular flexibility index (Phi) is 6.64. The van der Waals surface area contributed by atoms with Crippen molar-refractivity contribution in [2.24, 2.45) is 5.92 Å². The van der Waals surface area contributed by atoms with E-state index in [1.165, 1.54) is 0 Å². The zero-order valence-electron chi connectivity index (χ0n) is 16.0. The van der Waals surface area contributed by atoms with Crippen LogP contribution in [0.1, 0.15) is 47.2 Å². The predicted octanol–water partition coefficient (Wildman–Crippen LogP) is 3.94. The first-order chi connectivity index (χ1) is 13.1. The van der Waals surface area contributed by atoms with Crippen molar-refractivity contribution in [3.8, 4) is 0 Å². The highest BCUT2D eigenvalue weighted by Crippen LogP contribution is 2.23. The molecular weight excluding hydrogens is 336 g/mol. The third-order valence-corrected chi connectivity index (χ3v) is 5.39. The molecule has 1 N–H and O–H groups in total. The van der Waals surface area contributed by atoms with Gasteiger partial charge in [-0.2, -0.15) is 0 Å². The van der Waals surface area contributed by atoms with Crippen molar-refractivity contribution < 1.29 is 9.59 Å². The lowest BCUT2D eigenvalue weighted by Crippen LogP contribution is -2.39. The second kappa shape index (κ2) is 9.36. The second-order valence-corrected chi connectivity index (χ2v) is 7.35. The number of likely N-dealkylation sites (tertiary alicyclic amines) is 1. The van der Waals surface area contributed by atoms with Gasteiger partial charge in [0.1, 0.15) is 0 Å². The van der Waals surface area contributed by atoms with E-state index in [0.717, 1.165) is 49.0 Å². The van der Waals surface area contributed by atoms with Crippen LogP contribution in [0.2, 0.25) is 0 Å². The van der Waals surface area contributed by atoms with Crippen LogP contribution in [0.4, 0.5) is 0 Å². The van der Waals surface area contributed by atoms with Crippen LogP contribution in [0.5, 0.6) is 0 Å². The topological polar surface area (TPSA) is 49.4 Å². The largest absolute Gasteiger partial charge is 0.352 e. The standard InChI is InChI=1S/C23H28N2O2/c1-18-7-5-6-10-21(18)23(27)25-15-13-19(14-16-25)11-12-22(26)24-17-20-8-3-2-4-9-20/h2-10,19H,11-17H2,1H3,(H,24,26). The number of aryl methyl sites for hydroxylation is 1. The quantitative estimate of drug-likeness (QED) is 0.844. The van der Waals surface area contributed by atoms with E-state index in [9.17, 15) is 9.59 Å². The summed E-state index contributed by atoms with van der Waals surface area (Å²) in [5.74, 6) is 0.762. The maximum Gasteiger partial charge on any atom is 0.254 e. The fourth-order valence-electron chi connectivity index (χ4n) is 3.63. The highest BCUT2D eigenvalue weighted by Gasteiger charge is 2.24. The number of carbonyl (C=O) groups excluding carboxylic acids is 2. The van der Waals surface area contributed by atoms with Crippen LogP contribution in [0.25, 0.3) is 0 Å². The van der Waals surface area contributed by atoms with Crippen LogP contribution in [0.3, 0.4) is 0 Å². The van der Waals surface area contributed by atoms with Gasteiger partial charge in [-0.3, -0.25) is 9.59 Å². The Morgan fingerprint density at radius 1 is 1.00 bits per heavy atom. The van der Waals surface area contributed by atoms with Gasteiger partial charge in [-0.25, -0.2) is 0 Å². The number of rotatable bonds is 6. The number of nitrogens with one attached hydrogen (secondary N) is 1. The molecule has 0 spiro atoms. The van der Waals surface area contributed by atoms with Gasteiger partial charge in [0.15, 0.2) is 0 Å². The van der Waals surface area contributed by atoms with E-state index in [1.54, 1.807) is 0 Å². The summed E-state index contributed by atoms with van der Waals surface area (Å²) >= 11 is 0. The lowest BCUT2D eigenvalue weighted by molar-refractivity contribution is -0.121. The molecule has 0 aromatic heterocycles. The van der Waals surface area contributed by atoms with Gasteiger partial charge in [-0.1, -0.05) is 48.5 Å². The van der Waals surface area contributed by atoms with Crippen LogP contribution in [0.15, 0.2) is 54.6 Å². The summed E-state index contributed by atoms with van der Waals surface area (Å²) in [6.07, 6.45) is 3.41. The van der Waals surface area contributed by atoms with E-state index in [-0.39, 0.29) is 11.8 Å². The van der Waals surface area contributed by atoms with Gasteiger partial charge in [0, 0.05) is 31.6 Å². The lowest BCUT2D eigenvalue weighted by Gasteiger charge is -2.32. The highest BCUT2D eigenvalue weighted by molar-refractivity contribution is 5.95. The summed E-state index contributed by atoms with van der Waals surface area (Å²) in [5, 5.41) is 2.99. The number of carbonyl (C=O) groups is 2. The summed E-state index contributed by atoms with van der Waals surface area (Å²) in [6.45, 7) is 4.13. The van der Waals surface area contributed by atoms with E-state index in [1.807, 2.05) is 66.4 Å². The predicted molar refractivity (Wildman–Crippen MR) is 107 cm³/mol. The van der Waals surface area contributed by atoms with Crippen molar-refractivity contribution in [2.75, 3.05) is 13.1 Å². The van der Waals surface area contributed by atoms with E-state index in [4.69, 9.17) is 0 Å². The number of hydrogen-bond acceptors (Lipinski definition) is 2. The third-order valence-electron chi connectivity index (χ3n) is 5.39. The average molecular weight is 364 g/mol. The molecule has 0 aliphatic carbocycles. The molecular formula is C23H28N2O2. The first-order valence-corrected chi connectivity index (χ1v) is 9.79. The Morgan fingerprint density at radius 2 is 1.67 bits per heavy atom. The molecule has 0 saturated carbocycles. The van der Waals surface area contributed by atoms with Crippen LogP contribution < -0.4 is 5.32 Å². The molecule has 27 heavy (non-hydrogen) atoms. The Labute approximate surface area is 161 Å². The number of nitrogens with zero attached hydrogens (tertiary/aromatic N) is 1. The van der Waals surface area contributed by atoms with Gasteiger partial charge in [0.2, 0.25) is 5.91 Å². The summed E-state index contributed by atoms with van der Waals surface area (Å²) in [4.78, 5) is 26.7. The molecule has 2 aromatic rings. The molecule has 2 aromatic carbocycles. The Morgan fingerprint density at radius 3 is 2.37 bits per heavy atom. The van der Waals surface area contributed by atoms with Crippen molar-refractivity contribution in [1.29, 1.82) is 0 Å². The first kappa shape index (κ1) is 19.2. The van der Waals surface area contributed by atoms with Crippen molar-refractivity contribution in [2.45, 2.75) is 39.2 Å². The zero-order chi connectivity index (χ0) is 19.1. The summed E-state index contributed by atoms with van der Waals surface area (Å²) in [6, 6.07) is 17.7. The molecule has 2 amide bonds. The molecule has 142 valence electrons. The van der Waals surface area contributed by atoms with Crippen molar-refractivity contribution in [3.05, 3.63) is 71.3 Å². The summed E-state index contributed by atoms with van der Waals surface area (Å²) in [5.41, 5.74) is 2.95. The van der Waals surface area contributed by atoms with Crippen LogP contribution in [0, 0.1) is 12.8 Å².